The number of likely N-dealkylation sites (tertiary alicyclic amines) is 1. The Morgan fingerprint density at radius 2 is 2.03 bits per heavy atom. The summed E-state index contributed by atoms with van der Waals surface area (Å²) in [6.45, 7) is 4.52. The van der Waals surface area contributed by atoms with Crippen LogP contribution in [-0.2, 0) is 0 Å². The summed E-state index contributed by atoms with van der Waals surface area (Å²) in [6.07, 6.45) is 2.14. The van der Waals surface area contributed by atoms with Crippen LogP contribution in [0.4, 0.5) is 10.3 Å². The third-order valence-electron chi connectivity index (χ3n) is 4.89. The third-order valence-corrected chi connectivity index (χ3v) is 5.13. The summed E-state index contributed by atoms with van der Waals surface area (Å²) in [7, 11) is 3.64. The van der Waals surface area contributed by atoms with Gasteiger partial charge in [-0.3, -0.25) is 9.59 Å². The molecular formula is C21H25ClFN5O2. The van der Waals surface area contributed by atoms with E-state index in [1.807, 2.05) is 27.9 Å². The molecule has 0 aliphatic carbocycles. The number of nitrogens with one attached hydrogen (secondary N) is 1. The number of hydrogen-bond donors (Lipinski definition) is 1. The Kier molecular flexibility index (Phi) is 6.55. The number of carbonyl (C=O) groups excluding carboxylic acids is 2. The largest absolute Gasteiger partial charge is 0.350 e. The lowest BCUT2D eigenvalue weighted by Crippen LogP contribution is -2.32. The van der Waals surface area contributed by atoms with Crippen LogP contribution in [0.1, 0.15) is 52.6 Å². The zero-order chi connectivity index (χ0) is 22.0. The number of rotatable bonds is 5. The zero-order valence-electron chi connectivity index (χ0n) is 17.4. The minimum absolute atomic E-state index is 0.0358. The maximum absolute atomic E-state index is 14.1. The number of aromatic nitrogens is 2. The van der Waals surface area contributed by atoms with Crippen molar-refractivity contribution in [2.24, 2.45) is 0 Å². The van der Waals surface area contributed by atoms with E-state index in [-0.39, 0.29) is 23.4 Å². The minimum atomic E-state index is -0.609. The Morgan fingerprint density at radius 3 is 2.70 bits per heavy atom. The average molecular weight is 434 g/mol. The molecule has 2 aromatic rings. The van der Waals surface area contributed by atoms with Gasteiger partial charge in [-0.1, -0.05) is 11.6 Å². The molecule has 1 aliphatic rings. The molecule has 0 radical (unpaired) electrons. The molecule has 2 amide bonds. The van der Waals surface area contributed by atoms with Crippen LogP contribution in [0.3, 0.4) is 0 Å². The van der Waals surface area contributed by atoms with Gasteiger partial charge in [-0.05, 0) is 38.5 Å². The van der Waals surface area contributed by atoms with Crippen LogP contribution < -0.4 is 10.2 Å². The second kappa shape index (κ2) is 8.95. The third kappa shape index (κ3) is 4.70. The van der Waals surface area contributed by atoms with E-state index in [4.69, 9.17) is 11.6 Å². The predicted octanol–water partition coefficient (Wildman–Crippen LogP) is 3.10. The van der Waals surface area contributed by atoms with Gasteiger partial charge in [-0.2, -0.15) is 0 Å². The zero-order valence-corrected chi connectivity index (χ0v) is 18.2. The fourth-order valence-electron chi connectivity index (χ4n) is 3.43. The minimum Gasteiger partial charge on any atom is -0.350 e. The number of nitrogens with zero attached hydrogens (tertiary/aromatic N) is 4. The van der Waals surface area contributed by atoms with Crippen molar-refractivity contribution in [2.75, 3.05) is 32.1 Å². The molecule has 3 rings (SSSR count). The summed E-state index contributed by atoms with van der Waals surface area (Å²) in [6, 6.07) is 3.89. The van der Waals surface area contributed by atoms with Crippen molar-refractivity contribution in [1.82, 2.24) is 20.2 Å². The van der Waals surface area contributed by atoms with Gasteiger partial charge in [0.05, 0.1) is 16.8 Å². The molecule has 1 saturated heterocycles. The molecular weight excluding hydrogens is 409 g/mol. The van der Waals surface area contributed by atoms with Gasteiger partial charge in [-0.25, -0.2) is 14.4 Å². The highest BCUT2D eigenvalue weighted by Gasteiger charge is 2.33. The van der Waals surface area contributed by atoms with E-state index in [1.54, 1.807) is 9.80 Å². The van der Waals surface area contributed by atoms with Gasteiger partial charge in [0, 0.05) is 50.4 Å². The molecule has 9 heteroatoms. The first-order chi connectivity index (χ1) is 14.2. The number of amides is 2. The fourth-order valence-corrected chi connectivity index (χ4v) is 3.60. The van der Waals surface area contributed by atoms with Crippen molar-refractivity contribution in [3.63, 3.8) is 0 Å². The maximum Gasteiger partial charge on any atom is 0.256 e. The molecule has 1 aromatic heterocycles. The Morgan fingerprint density at radius 1 is 1.30 bits per heavy atom. The second-order valence-corrected chi connectivity index (χ2v) is 8.29. The molecule has 1 aliphatic heterocycles. The normalized spacial score (nSPS) is 16.1. The number of benzene rings is 1. The molecule has 1 fully saturated rings. The number of halogens is 2. The standard InChI is InChI=1S/C21H25ClFN5O2/c1-12(2)25-19(29)16-10-24-21(27(3)4)26-18(16)13-7-8-28(11-13)20(30)15-9-14(22)5-6-17(15)23/h5-6,9-10,12-13H,7-8,11H2,1-4H3,(H,25,29). The van der Waals surface area contributed by atoms with Gasteiger partial charge in [0.25, 0.3) is 11.8 Å². The Bertz CT molecular complexity index is 966. The Labute approximate surface area is 180 Å². The molecule has 1 atom stereocenters. The highest BCUT2D eigenvalue weighted by atomic mass is 35.5. The van der Waals surface area contributed by atoms with E-state index < -0.39 is 11.7 Å². The van der Waals surface area contributed by atoms with E-state index in [2.05, 4.69) is 15.3 Å². The quantitative estimate of drug-likeness (QED) is 0.783. The van der Waals surface area contributed by atoms with Gasteiger partial charge < -0.3 is 15.1 Å². The van der Waals surface area contributed by atoms with Gasteiger partial charge >= 0.3 is 0 Å². The molecule has 1 aromatic carbocycles. The average Bonchev–Trinajstić information content (AvgIpc) is 3.18. The van der Waals surface area contributed by atoms with Crippen molar-refractivity contribution < 1.29 is 14.0 Å². The molecule has 30 heavy (non-hydrogen) atoms. The van der Waals surface area contributed by atoms with Crippen molar-refractivity contribution in [3.05, 3.63) is 52.1 Å². The van der Waals surface area contributed by atoms with Crippen LogP contribution in [0.25, 0.3) is 0 Å². The summed E-state index contributed by atoms with van der Waals surface area (Å²) in [5.41, 5.74) is 0.925. The fraction of sp³-hybridized carbons (Fsp3) is 0.429. The maximum atomic E-state index is 14.1. The van der Waals surface area contributed by atoms with Crippen LogP contribution in [0, 0.1) is 5.82 Å². The molecule has 1 N–H and O–H groups in total. The van der Waals surface area contributed by atoms with E-state index in [0.29, 0.717) is 41.7 Å². The highest BCUT2D eigenvalue weighted by Crippen LogP contribution is 2.30. The van der Waals surface area contributed by atoms with Crippen LogP contribution in [-0.4, -0.2) is 59.9 Å². The summed E-state index contributed by atoms with van der Waals surface area (Å²) < 4.78 is 14.1. The molecule has 0 spiro atoms. The van der Waals surface area contributed by atoms with Crippen molar-refractivity contribution in [2.45, 2.75) is 32.2 Å². The molecule has 7 nitrogen and oxygen atoms in total. The number of carbonyl (C=O) groups is 2. The van der Waals surface area contributed by atoms with Gasteiger partial charge in [0.15, 0.2) is 0 Å². The predicted molar refractivity (Wildman–Crippen MR) is 114 cm³/mol. The lowest BCUT2D eigenvalue weighted by molar-refractivity contribution is 0.0786. The topological polar surface area (TPSA) is 78.4 Å². The summed E-state index contributed by atoms with van der Waals surface area (Å²) in [4.78, 5) is 37.7. The molecule has 1 unspecified atom stereocenters. The lowest BCUT2D eigenvalue weighted by Gasteiger charge is -2.20. The SMILES string of the molecule is CC(C)NC(=O)c1cnc(N(C)C)nc1C1CCN(C(=O)c2cc(Cl)ccc2F)C1. The highest BCUT2D eigenvalue weighted by molar-refractivity contribution is 6.31. The summed E-state index contributed by atoms with van der Waals surface area (Å²) >= 11 is 5.93. The van der Waals surface area contributed by atoms with E-state index in [0.717, 1.165) is 0 Å². The Hall–Kier alpha value is -2.74. The van der Waals surface area contributed by atoms with E-state index in [1.165, 1.54) is 24.4 Å². The monoisotopic (exact) mass is 433 g/mol. The first kappa shape index (κ1) is 22.0. The smallest absolute Gasteiger partial charge is 0.256 e. The van der Waals surface area contributed by atoms with Crippen LogP contribution in [0.15, 0.2) is 24.4 Å². The molecule has 160 valence electrons. The molecule has 0 saturated carbocycles. The van der Waals surface area contributed by atoms with Crippen molar-refractivity contribution >= 4 is 29.4 Å². The van der Waals surface area contributed by atoms with Crippen molar-refractivity contribution in [1.29, 1.82) is 0 Å². The van der Waals surface area contributed by atoms with E-state index in [9.17, 15) is 14.0 Å². The Balaban J connectivity index is 1.88. The van der Waals surface area contributed by atoms with Crippen LogP contribution in [0.5, 0.6) is 0 Å². The lowest BCUT2D eigenvalue weighted by atomic mass is 9.99. The van der Waals surface area contributed by atoms with E-state index >= 15 is 0 Å². The van der Waals surface area contributed by atoms with Crippen LogP contribution in [0.2, 0.25) is 5.02 Å². The van der Waals surface area contributed by atoms with Gasteiger partial charge in [-0.15, -0.1) is 0 Å². The van der Waals surface area contributed by atoms with Crippen LogP contribution >= 0.6 is 11.6 Å². The number of hydrogen-bond acceptors (Lipinski definition) is 5. The van der Waals surface area contributed by atoms with Crippen molar-refractivity contribution in [3.8, 4) is 0 Å². The molecule has 0 bridgehead atoms. The van der Waals surface area contributed by atoms with Gasteiger partial charge in [0.1, 0.15) is 5.82 Å². The molecule has 2 heterocycles. The summed E-state index contributed by atoms with van der Waals surface area (Å²) in [5.74, 6) is -0.965. The summed E-state index contributed by atoms with van der Waals surface area (Å²) in [5, 5.41) is 3.17. The second-order valence-electron chi connectivity index (χ2n) is 7.85. The number of anilines is 1. The first-order valence-electron chi connectivity index (χ1n) is 9.76. The first-order valence-corrected chi connectivity index (χ1v) is 10.1. The van der Waals surface area contributed by atoms with Gasteiger partial charge in [0.2, 0.25) is 5.95 Å².